The molecule has 0 atom stereocenters. The van der Waals surface area contributed by atoms with Gasteiger partial charge in [-0.15, -0.1) is 0 Å². The summed E-state index contributed by atoms with van der Waals surface area (Å²) >= 11 is 1.70. The number of H-pyrrole nitrogens is 1. The smallest absolute Gasteiger partial charge is 0.354 e. The van der Waals surface area contributed by atoms with E-state index in [2.05, 4.69) is 9.97 Å². The number of nitrogens with zero attached hydrogens (tertiary/aromatic N) is 1. The van der Waals surface area contributed by atoms with Gasteiger partial charge in [-0.1, -0.05) is 0 Å². The molecule has 0 unspecified atom stereocenters. The molecule has 2 N–H and O–H groups in total. The Morgan fingerprint density at radius 3 is 3.00 bits per heavy atom. The van der Waals surface area contributed by atoms with Gasteiger partial charge in [-0.3, -0.25) is 4.79 Å². The summed E-state index contributed by atoms with van der Waals surface area (Å²) in [4.78, 5) is 28.1. The second-order valence-corrected chi connectivity index (χ2v) is 3.96. The van der Waals surface area contributed by atoms with Crippen molar-refractivity contribution in [1.29, 1.82) is 0 Å². The van der Waals surface area contributed by atoms with Crippen molar-refractivity contribution >= 4 is 17.7 Å². The van der Waals surface area contributed by atoms with Crippen LogP contribution in [0.3, 0.4) is 0 Å². The summed E-state index contributed by atoms with van der Waals surface area (Å²) in [5.41, 5.74) is -0.612. The van der Waals surface area contributed by atoms with E-state index in [1.165, 1.54) is 0 Å². The van der Waals surface area contributed by atoms with Crippen molar-refractivity contribution in [3.63, 3.8) is 0 Å². The van der Waals surface area contributed by atoms with E-state index in [1.807, 2.05) is 6.26 Å². The number of thioether (sulfide) groups is 1. The van der Waals surface area contributed by atoms with Crippen LogP contribution >= 0.6 is 11.8 Å². The number of hydrogen-bond acceptors (Lipinski definition) is 4. The summed E-state index contributed by atoms with van der Waals surface area (Å²) in [7, 11) is 0. The molecule has 0 bridgehead atoms. The van der Waals surface area contributed by atoms with Crippen LogP contribution in [0.2, 0.25) is 0 Å². The highest BCUT2D eigenvalue weighted by molar-refractivity contribution is 7.98. The molecule has 0 saturated carbocycles. The van der Waals surface area contributed by atoms with Crippen molar-refractivity contribution < 1.29 is 9.90 Å². The molecule has 1 heterocycles. The Balaban J connectivity index is 2.80. The first kappa shape index (κ1) is 11.8. The van der Waals surface area contributed by atoms with Gasteiger partial charge < -0.3 is 10.1 Å². The largest absolute Gasteiger partial charge is 0.477 e. The van der Waals surface area contributed by atoms with Gasteiger partial charge in [0.25, 0.3) is 5.56 Å². The lowest BCUT2D eigenvalue weighted by Gasteiger charge is -2.00. The zero-order chi connectivity index (χ0) is 11.3. The highest BCUT2D eigenvalue weighted by Crippen LogP contribution is 2.01. The summed E-state index contributed by atoms with van der Waals surface area (Å²) in [5, 5.41) is 8.69. The second-order valence-electron chi connectivity index (χ2n) is 2.98. The number of carboxylic acid groups (broad SMARTS) is 1. The number of nitrogens with one attached hydrogen (secondary N) is 1. The van der Waals surface area contributed by atoms with Gasteiger partial charge in [0.1, 0.15) is 5.82 Å². The van der Waals surface area contributed by atoms with E-state index in [9.17, 15) is 9.59 Å². The molecule has 6 heteroatoms. The van der Waals surface area contributed by atoms with Crippen molar-refractivity contribution in [2.24, 2.45) is 0 Å². The van der Waals surface area contributed by atoms with E-state index in [0.29, 0.717) is 12.2 Å². The van der Waals surface area contributed by atoms with Crippen LogP contribution in [-0.2, 0) is 6.42 Å². The third-order valence-corrected chi connectivity index (χ3v) is 2.47. The summed E-state index contributed by atoms with van der Waals surface area (Å²) in [6, 6.07) is 0.987. The normalized spacial score (nSPS) is 10.2. The molecule has 1 aromatic rings. The van der Waals surface area contributed by atoms with Gasteiger partial charge in [0, 0.05) is 12.5 Å². The zero-order valence-corrected chi connectivity index (χ0v) is 9.13. The number of hydrogen-bond donors (Lipinski definition) is 2. The first-order valence-corrected chi connectivity index (χ1v) is 5.85. The van der Waals surface area contributed by atoms with Crippen LogP contribution in [0.25, 0.3) is 0 Å². The van der Waals surface area contributed by atoms with Gasteiger partial charge >= 0.3 is 5.97 Å². The summed E-state index contributed by atoms with van der Waals surface area (Å²) < 4.78 is 0. The van der Waals surface area contributed by atoms with Crippen LogP contribution in [0.4, 0.5) is 0 Å². The van der Waals surface area contributed by atoms with Crippen LogP contribution in [0.5, 0.6) is 0 Å². The number of aromatic carboxylic acids is 1. The minimum absolute atomic E-state index is 0.196. The van der Waals surface area contributed by atoms with Crippen LogP contribution in [-0.4, -0.2) is 33.1 Å². The molecule has 0 radical (unpaired) electrons. The van der Waals surface area contributed by atoms with Crippen LogP contribution < -0.4 is 5.56 Å². The molecular weight excluding hydrogens is 216 g/mol. The summed E-state index contributed by atoms with van der Waals surface area (Å²) in [6.07, 6.45) is 3.45. The zero-order valence-electron chi connectivity index (χ0n) is 8.32. The standard InChI is InChI=1S/C9H12N2O3S/c1-15-4-2-3-7-10-6(9(13)14)5-8(12)11-7/h5H,2-4H2,1H3,(H,13,14)(H,10,11,12). The van der Waals surface area contributed by atoms with E-state index in [0.717, 1.165) is 18.2 Å². The first-order chi connectivity index (χ1) is 7.13. The molecule has 0 amide bonds. The fraction of sp³-hybridized carbons (Fsp3) is 0.444. The van der Waals surface area contributed by atoms with Gasteiger partial charge in [-0.25, -0.2) is 9.78 Å². The van der Waals surface area contributed by atoms with Gasteiger partial charge in [0.2, 0.25) is 0 Å². The molecule has 0 aromatic carbocycles. The van der Waals surface area contributed by atoms with Crippen molar-refractivity contribution in [1.82, 2.24) is 9.97 Å². The molecule has 82 valence electrons. The Bertz CT molecular complexity index is 403. The van der Waals surface area contributed by atoms with Crippen LogP contribution in [0.15, 0.2) is 10.9 Å². The van der Waals surface area contributed by atoms with E-state index < -0.39 is 11.5 Å². The van der Waals surface area contributed by atoms with Gasteiger partial charge in [-0.2, -0.15) is 11.8 Å². The van der Waals surface area contributed by atoms with Crippen LogP contribution in [0.1, 0.15) is 22.7 Å². The first-order valence-electron chi connectivity index (χ1n) is 4.46. The summed E-state index contributed by atoms with van der Waals surface area (Å²) in [5.74, 6) is 0.224. The Morgan fingerprint density at radius 1 is 1.67 bits per heavy atom. The number of rotatable bonds is 5. The predicted octanol–water partition coefficient (Wildman–Crippen LogP) is 0.764. The van der Waals surface area contributed by atoms with E-state index in [4.69, 9.17) is 5.11 Å². The average Bonchev–Trinajstić information content (AvgIpc) is 2.17. The van der Waals surface area contributed by atoms with Crippen molar-refractivity contribution in [3.8, 4) is 0 Å². The predicted molar refractivity (Wildman–Crippen MR) is 58.5 cm³/mol. The second kappa shape index (κ2) is 5.55. The topological polar surface area (TPSA) is 83.0 Å². The Morgan fingerprint density at radius 2 is 2.40 bits per heavy atom. The number of carboxylic acids is 1. The Hall–Kier alpha value is -1.30. The minimum atomic E-state index is -1.17. The lowest BCUT2D eigenvalue weighted by atomic mass is 10.3. The maximum Gasteiger partial charge on any atom is 0.354 e. The highest BCUT2D eigenvalue weighted by Gasteiger charge is 2.07. The Labute approximate surface area is 90.9 Å². The number of carbonyl (C=O) groups is 1. The van der Waals surface area contributed by atoms with Gasteiger partial charge in [0.15, 0.2) is 5.69 Å². The van der Waals surface area contributed by atoms with E-state index in [-0.39, 0.29) is 5.69 Å². The van der Waals surface area contributed by atoms with Crippen molar-refractivity contribution in [2.75, 3.05) is 12.0 Å². The molecule has 5 nitrogen and oxygen atoms in total. The molecule has 0 fully saturated rings. The molecule has 0 saturated heterocycles. The molecule has 0 spiro atoms. The number of aromatic nitrogens is 2. The third kappa shape index (κ3) is 3.75. The van der Waals surface area contributed by atoms with Crippen molar-refractivity contribution in [3.05, 3.63) is 27.9 Å². The monoisotopic (exact) mass is 228 g/mol. The quantitative estimate of drug-likeness (QED) is 0.727. The lowest BCUT2D eigenvalue weighted by Crippen LogP contribution is -2.15. The molecule has 1 rings (SSSR count). The number of aromatic amines is 1. The molecule has 0 aliphatic rings. The third-order valence-electron chi connectivity index (χ3n) is 1.77. The van der Waals surface area contributed by atoms with Gasteiger partial charge in [0.05, 0.1) is 0 Å². The molecule has 15 heavy (non-hydrogen) atoms. The molecular formula is C9H12N2O3S. The fourth-order valence-corrected chi connectivity index (χ4v) is 1.55. The lowest BCUT2D eigenvalue weighted by molar-refractivity contribution is 0.0689. The fourth-order valence-electron chi connectivity index (χ4n) is 1.12. The van der Waals surface area contributed by atoms with E-state index in [1.54, 1.807) is 11.8 Å². The SMILES string of the molecule is CSCCCc1nc(C(=O)O)cc(=O)[nH]1. The van der Waals surface area contributed by atoms with Crippen LogP contribution in [0, 0.1) is 0 Å². The average molecular weight is 228 g/mol. The molecule has 0 aliphatic carbocycles. The molecule has 1 aromatic heterocycles. The maximum atomic E-state index is 11.1. The minimum Gasteiger partial charge on any atom is -0.477 e. The molecule has 0 aliphatic heterocycles. The number of aryl methyl sites for hydroxylation is 1. The van der Waals surface area contributed by atoms with Crippen molar-refractivity contribution in [2.45, 2.75) is 12.8 Å². The Kier molecular flexibility index (Phi) is 4.36. The van der Waals surface area contributed by atoms with Gasteiger partial charge in [-0.05, 0) is 18.4 Å². The maximum absolute atomic E-state index is 11.1. The van der Waals surface area contributed by atoms with E-state index >= 15 is 0 Å². The highest BCUT2D eigenvalue weighted by atomic mass is 32.2. The summed E-state index contributed by atoms with van der Waals surface area (Å²) in [6.45, 7) is 0.